The summed E-state index contributed by atoms with van der Waals surface area (Å²) in [6.45, 7) is 5.59. The Balaban J connectivity index is 2.39. The predicted octanol–water partition coefficient (Wildman–Crippen LogP) is 3.00. The molecule has 0 bridgehead atoms. The Morgan fingerprint density at radius 3 is 2.22 bits per heavy atom. The maximum Gasteiger partial charge on any atom is 0.333 e. The van der Waals surface area contributed by atoms with E-state index in [4.69, 9.17) is 11.1 Å². The summed E-state index contributed by atoms with van der Waals surface area (Å²) < 4.78 is 0. The van der Waals surface area contributed by atoms with Crippen molar-refractivity contribution < 1.29 is 9.90 Å². The number of nitrogen functional groups attached to an aromatic ring is 1. The minimum atomic E-state index is -1.25. The summed E-state index contributed by atoms with van der Waals surface area (Å²) in [6.07, 6.45) is 0. The van der Waals surface area contributed by atoms with Crippen LogP contribution in [0.4, 0.5) is 5.69 Å². The van der Waals surface area contributed by atoms with Gasteiger partial charge in [-0.15, -0.1) is 0 Å². The van der Waals surface area contributed by atoms with E-state index < -0.39 is 11.5 Å². The number of aryl methyl sites for hydroxylation is 2. The van der Waals surface area contributed by atoms with Gasteiger partial charge in [0.1, 0.15) is 5.84 Å². The second kappa shape index (κ2) is 6.12. The number of hydrogen-bond acceptors (Lipinski definition) is 3. The molecule has 0 amide bonds. The molecule has 0 heterocycles. The molecular weight excluding hydrogens is 290 g/mol. The van der Waals surface area contributed by atoms with Crippen molar-refractivity contribution in [3.8, 4) is 0 Å². The number of nitrogens with one attached hydrogen (secondary N) is 2. The maximum absolute atomic E-state index is 11.9. The third-order valence-electron chi connectivity index (χ3n) is 4.10. The van der Waals surface area contributed by atoms with E-state index in [1.54, 1.807) is 31.2 Å². The van der Waals surface area contributed by atoms with Crippen molar-refractivity contribution in [1.29, 1.82) is 5.41 Å². The number of carbonyl (C=O) groups is 1. The van der Waals surface area contributed by atoms with Crippen molar-refractivity contribution in [2.45, 2.75) is 26.3 Å². The highest BCUT2D eigenvalue weighted by atomic mass is 16.4. The van der Waals surface area contributed by atoms with Gasteiger partial charge in [-0.05, 0) is 61.7 Å². The molecule has 0 radical (unpaired) electrons. The van der Waals surface area contributed by atoms with Crippen LogP contribution in [0.1, 0.15) is 29.2 Å². The van der Waals surface area contributed by atoms with Gasteiger partial charge >= 0.3 is 5.97 Å². The Hall–Kier alpha value is -2.82. The molecule has 2 rings (SSSR count). The lowest BCUT2D eigenvalue weighted by molar-refractivity contribution is -0.142. The zero-order valence-corrected chi connectivity index (χ0v) is 13.5. The topological polar surface area (TPSA) is 99.2 Å². The van der Waals surface area contributed by atoms with Gasteiger partial charge in [0.15, 0.2) is 5.54 Å². The molecule has 5 nitrogen and oxygen atoms in total. The third kappa shape index (κ3) is 3.34. The second-order valence-corrected chi connectivity index (χ2v) is 5.85. The zero-order chi connectivity index (χ0) is 17.2. The smallest absolute Gasteiger partial charge is 0.333 e. The van der Waals surface area contributed by atoms with Crippen molar-refractivity contribution in [3.05, 3.63) is 64.7 Å². The van der Waals surface area contributed by atoms with Crippen LogP contribution >= 0.6 is 0 Å². The van der Waals surface area contributed by atoms with E-state index in [2.05, 4.69) is 5.32 Å². The number of carboxylic acid groups (broad SMARTS) is 1. The fourth-order valence-electron chi connectivity index (χ4n) is 2.32. The van der Waals surface area contributed by atoms with E-state index in [9.17, 15) is 9.90 Å². The van der Waals surface area contributed by atoms with E-state index in [0.717, 1.165) is 11.1 Å². The summed E-state index contributed by atoms with van der Waals surface area (Å²) in [4.78, 5) is 11.9. The molecule has 0 aliphatic carbocycles. The van der Waals surface area contributed by atoms with Crippen LogP contribution < -0.4 is 11.1 Å². The molecule has 5 N–H and O–H groups in total. The number of benzene rings is 2. The van der Waals surface area contributed by atoms with Crippen molar-refractivity contribution in [2.24, 2.45) is 5.73 Å². The quantitative estimate of drug-likeness (QED) is 0.504. The standard InChI is InChI=1S/C18H21N3O2/c1-11-4-7-14(10-12(11)2)18(3,17(22)23)21-15-8-5-13(6-9-15)16(19)20/h4-10,21H,1-3H3,(H3,19,20)(H,22,23). The van der Waals surface area contributed by atoms with Crippen molar-refractivity contribution in [3.63, 3.8) is 0 Å². The molecular formula is C18H21N3O2. The monoisotopic (exact) mass is 311 g/mol. The molecule has 0 aliphatic rings. The number of amidine groups is 1. The fourth-order valence-corrected chi connectivity index (χ4v) is 2.32. The summed E-state index contributed by atoms with van der Waals surface area (Å²) in [5.41, 5.74) is 8.27. The maximum atomic E-state index is 11.9. The van der Waals surface area contributed by atoms with Crippen LogP contribution in [-0.2, 0) is 10.3 Å². The first kappa shape index (κ1) is 16.5. The highest BCUT2D eigenvalue weighted by Gasteiger charge is 2.35. The Labute approximate surface area is 135 Å². The molecule has 23 heavy (non-hydrogen) atoms. The molecule has 0 aromatic heterocycles. The minimum Gasteiger partial charge on any atom is -0.479 e. The molecule has 2 aromatic rings. The van der Waals surface area contributed by atoms with Gasteiger partial charge in [0.05, 0.1) is 0 Å². The Kier molecular flexibility index (Phi) is 4.40. The van der Waals surface area contributed by atoms with Crippen LogP contribution in [0.25, 0.3) is 0 Å². The molecule has 0 saturated carbocycles. The molecule has 5 heteroatoms. The van der Waals surface area contributed by atoms with Gasteiger partial charge in [0.25, 0.3) is 0 Å². The highest BCUT2D eigenvalue weighted by Crippen LogP contribution is 2.28. The second-order valence-electron chi connectivity index (χ2n) is 5.85. The minimum absolute atomic E-state index is 0.0216. The average Bonchev–Trinajstić information content (AvgIpc) is 2.50. The summed E-state index contributed by atoms with van der Waals surface area (Å²) >= 11 is 0. The number of aliphatic carboxylic acids is 1. The molecule has 2 aromatic carbocycles. The number of rotatable bonds is 5. The van der Waals surface area contributed by atoms with Gasteiger partial charge in [-0.1, -0.05) is 18.2 Å². The predicted molar refractivity (Wildman–Crippen MR) is 92.0 cm³/mol. The van der Waals surface area contributed by atoms with Gasteiger partial charge < -0.3 is 16.2 Å². The lowest BCUT2D eigenvalue weighted by Gasteiger charge is -2.28. The van der Waals surface area contributed by atoms with Crippen LogP contribution in [0, 0.1) is 19.3 Å². The number of hydrogen-bond donors (Lipinski definition) is 4. The molecule has 1 atom stereocenters. The van der Waals surface area contributed by atoms with Crippen LogP contribution in [0.3, 0.4) is 0 Å². The van der Waals surface area contributed by atoms with Gasteiger partial charge in [-0.25, -0.2) is 4.79 Å². The summed E-state index contributed by atoms with van der Waals surface area (Å²) in [5.74, 6) is -0.983. The van der Waals surface area contributed by atoms with Crippen molar-refractivity contribution in [2.75, 3.05) is 5.32 Å². The molecule has 0 aliphatic heterocycles. The van der Waals surface area contributed by atoms with Gasteiger partial charge in [-0.3, -0.25) is 5.41 Å². The largest absolute Gasteiger partial charge is 0.479 e. The number of anilines is 1. The first-order valence-electron chi connectivity index (χ1n) is 7.28. The van der Waals surface area contributed by atoms with Crippen LogP contribution in [0.5, 0.6) is 0 Å². The summed E-state index contributed by atoms with van der Waals surface area (Å²) in [5, 5.41) is 20.2. The van der Waals surface area contributed by atoms with Crippen LogP contribution in [-0.4, -0.2) is 16.9 Å². The van der Waals surface area contributed by atoms with Gasteiger partial charge in [0, 0.05) is 11.3 Å². The van der Waals surface area contributed by atoms with E-state index in [0.29, 0.717) is 16.8 Å². The lowest BCUT2D eigenvalue weighted by Crippen LogP contribution is -2.40. The number of nitrogens with two attached hydrogens (primary N) is 1. The summed E-state index contributed by atoms with van der Waals surface area (Å²) in [7, 11) is 0. The normalized spacial score (nSPS) is 13.2. The SMILES string of the molecule is Cc1ccc(C(C)(Nc2ccc(C(=N)N)cc2)C(=O)O)cc1C. The van der Waals surface area contributed by atoms with E-state index in [1.807, 2.05) is 32.0 Å². The Morgan fingerprint density at radius 1 is 1.13 bits per heavy atom. The first-order valence-corrected chi connectivity index (χ1v) is 7.28. The Bertz CT molecular complexity index is 753. The highest BCUT2D eigenvalue weighted by molar-refractivity contribution is 5.95. The fraction of sp³-hybridized carbons (Fsp3) is 0.222. The number of carboxylic acids is 1. The first-order chi connectivity index (χ1) is 10.7. The Morgan fingerprint density at radius 2 is 1.74 bits per heavy atom. The van der Waals surface area contributed by atoms with Crippen LogP contribution in [0.2, 0.25) is 0 Å². The van der Waals surface area contributed by atoms with Gasteiger partial charge in [-0.2, -0.15) is 0 Å². The van der Waals surface area contributed by atoms with E-state index in [-0.39, 0.29) is 5.84 Å². The third-order valence-corrected chi connectivity index (χ3v) is 4.10. The zero-order valence-electron chi connectivity index (χ0n) is 13.5. The van der Waals surface area contributed by atoms with E-state index in [1.165, 1.54) is 0 Å². The van der Waals surface area contributed by atoms with E-state index >= 15 is 0 Å². The molecule has 0 fully saturated rings. The van der Waals surface area contributed by atoms with Crippen molar-refractivity contribution >= 4 is 17.5 Å². The lowest BCUT2D eigenvalue weighted by atomic mass is 9.89. The van der Waals surface area contributed by atoms with Crippen LogP contribution in [0.15, 0.2) is 42.5 Å². The molecule has 0 spiro atoms. The molecule has 1 unspecified atom stereocenters. The van der Waals surface area contributed by atoms with Gasteiger partial charge in [0.2, 0.25) is 0 Å². The molecule has 0 saturated heterocycles. The molecule has 120 valence electrons. The van der Waals surface area contributed by atoms with Crippen molar-refractivity contribution in [1.82, 2.24) is 0 Å². The average molecular weight is 311 g/mol. The summed E-state index contributed by atoms with van der Waals surface area (Å²) in [6, 6.07) is 12.5.